The summed E-state index contributed by atoms with van der Waals surface area (Å²) in [5.41, 5.74) is 2.84. The van der Waals surface area contributed by atoms with E-state index in [4.69, 9.17) is 0 Å². The van der Waals surface area contributed by atoms with E-state index in [1.165, 1.54) is 12.8 Å². The van der Waals surface area contributed by atoms with Crippen molar-refractivity contribution in [2.75, 3.05) is 0 Å². The summed E-state index contributed by atoms with van der Waals surface area (Å²) in [5.74, 6) is 0.0844. The first-order valence-electron chi connectivity index (χ1n) is 9.76. The van der Waals surface area contributed by atoms with Crippen molar-refractivity contribution in [3.05, 3.63) is 65.4 Å². The minimum atomic E-state index is -4.53. The van der Waals surface area contributed by atoms with Crippen LogP contribution in [0.4, 0.5) is 13.2 Å². The molecule has 4 heterocycles. The van der Waals surface area contributed by atoms with Crippen molar-refractivity contribution in [1.82, 2.24) is 25.1 Å². The normalized spacial score (nSPS) is 18.3. The molecule has 5 rings (SSSR count). The third kappa shape index (κ3) is 3.55. The molecular weight excluding hydrogens is 395 g/mol. The van der Waals surface area contributed by atoms with Gasteiger partial charge in [-0.15, -0.1) is 0 Å². The average Bonchev–Trinajstić information content (AvgIpc) is 3.40. The molecule has 0 aromatic carbocycles. The number of pyridine rings is 2. The standard InChI is InChI=1S/C21H18F3N5O/c22-21(23,24)19-4-3-14(11-26-19)20(30)27-15-6-8-29-18(15)10-17(28-29)13-5-7-25-16(9-13)12-1-2-12/h3-5,7,9-12,15H,1-2,6,8H2,(H,27,30)/t15-/m0/s1. The fourth-order valence-electron chi connectivity index (χ4n) is 3.72. The van der Waals surface area contributed by atoms with Gasteiger partial charge in [-0.1, -0.05) is 0 Å². The quantitative estimate of drug-likeness (QED) is 0.699. The minimum Gasteiger partial charge on any atom is -0.344 e. The molecule has 1 N–H and O–H groups in total. The van der Waals surface area contributed by atoms with E-state index in [-0.39, 0.29) is 11.6 Å². The molecule has 2 aliphatic rings. The Morgan fingerprint density at radius 2 is 1.93 bits per heavy atom. The van der Waals surface area contributed by atoms with Crippen LogP contribution in [0.1, 0.15) is 58.7 Å². The van der Waals surface area contributed by atoms with E-state index in [0.717, 1.165) is 41.0 Å². The van der Waals surface area contributed by atoms with Gasteiger partial charge in [0.1, 0.15) is 5.69 Å². The van der Waals surface area contributed by atoms with Crippen molar-refractivity contribution in [2.45, 2.75) is 43.9 Å². The second-order valence-corrected chi connectivity index (χ2v) is 7.67. The zero-order chi connectivity index (χ0) is 20.9. The van der Waals surface area contributed by atoms with Crippen LogP contribution in [0.2, 0.25) is 0 Å². The average molecular weight is 413 g/mol. The lowest BCUT2D eigenvalue weighted by atomic mass is 10.1. The molecule has 6 nitrogen and oxygen atoms in total. The van der Waals surface area contributed by atoms with Gasteiger partial charge >= 0.3 is 6.18 Å². The van der Waals surface area contributed by atoms with Gasteiger partial charge in [-0.3, -0.25) is 19.4 Å². The van der Waals surface area contributed by atoms with Crippen LogP contribution in [-0.4, -0.2) is 25.7 Å². The Kier molecular flexibility index (Phi) is 4.34. The number of hydrogen-bond acceptors (Lipinski definition) is 4. The van der Waals surface area contributed by atoms with Gasteiger partial charge in [-0.2, -0.15) is 18.3 Å². The topological polar surface area (TPSA) is 72.7 Å². The van der Waals surface area contributed by atoms with E-state index in [2.05, 4.69) is 26.4 Å². The van der Waals surface area contributed by atoms with Gasteiger partial charge in [-0.05, 0) is 49.6 Å². The number of carbonyl (C=O) groups excluding carboxylic acids is 1. The first kappa shape index (κ1) is 18.8. The number of nitrogens with one attached hydrogen (secondary N) is 1. The number of aromatic nitrogens is 4. The highest BCUT2D eigenvalue weighted by atomic mass is 19.4. The van der Waals surface area contributed by atoms with Gasteiger partial charge in [0.2, 0.25) is 0 Å². The number of rotatable bonds is 4. The third-order valence-electron chi connectivity index (χ3n) is 5.49. The summed E-state index contributed by atoms with van der Waals surface area (Å²) in [7, 11) is 0. The van der Waals surface area contributed by atoms with Crippen LogP contribution in [0.15, 0.2) is 42.7 Å². The number of aryl methyl sites for hydroxylation is 1. The molecule has 0 saturated heterocycles. The molecule has 30 heavy (non-hydrogen) atoms. The lowest BCUT2D eigenvalue weighted by Crippen LogP contribution is -2.27. The number of nitrogens with zero attached hydrogens (tertiary/aromatic N) is 4. The molecule has 0 unspecified atom stereocenters. The summed E-state index contributed by atoms with van der Waals surface area (Å²) >= 11 is 0. The highest BCUT2D eigenvalue weighted by Crippen LogP contribution is 2.40. The molecule has 3 aromatic rings. The first-order valence-corrected chi connectivity index (χ1v) is 9.76. The van der Waals surface area contributed by atoms with E-state index < -0.39 is 17.8 Å². The Bertz CT molecular complexity index is 1100. The third-order valence-corrected chi connectivity index (χ3v) is 5.49. The predicted molar refractivity (Wildman–Crippen MR) is 101 cm³/mol. The van der Waals surface area contributed by atoms with Gasteiger partial charge in [0.15, 0.2) is 0 Å². The summed E-state index contributed by atoms with van der Waals surface area (Å²) in [6.07, 6.45) is 1.23. The molecular formula is C21H18F3N5O. The van der Waals surface area contributed by atoms with E-state index in [1.54, 1.807) is 6.20 Å². The summed E-state index contributed by atoms with van der Waals surface area (Å²) in [6.45, 7) is 0.659. The molecule has 3 aromatic heterocycles. The van der Waals surface area contributed by atoms with Crippen LogP contribution in [0.25, 0.3) is 11.3 Å². The second kappa shape index (κ2) is 6.93. The Labute approximate surface area is 170 Å². The monoisotopic (exact) mass is 413 g/mol. The molecule has 1 atom stereocenters. The Morgan fingerprint density at radius 1 is 1.10 bits per heavy atom. The van der Waals surface area contributed by atoms with Gasteiger partial charge in [0.05, 0.1) is 23.0 Å². The maximum Gasteiger partial charge on any atom is 0.433 e. The van der Waals surface area contributed by atoms with Crippen molar-refractivity contribution in [1.29, 1.82) is 0 Å². The zero-order valence-electron chi connectivity index (χ0n) is 15.9. The van der Waals surface area contributed by atoms with Gasteiger partial charge in [0.25, 0.3) is 5.91 Å². The van der Waals surface area contributed by atoms with E-state index in [9.17, 15) is 18.0 Å². The summed E-state index contributed by atoms with van der Waals surface area (Å²) in [4.78, 5) is 20.3. The van der Waals surface area contributed by atoms with Crippen molar-refractivity contribution < 1.29 is 18.0 Å². The maximum absolute atomic E-state index is 12.7. The van der Waals surface area contributed by atoms with E-state index in [1.807, 2.05) is 16.8 Å². The SMILES string of the molecule is O=C(N[C@H]1CCn2nc(-c3ccnc(C4CC4)c3)cc21)c1ccc(C(F)(F)F)nc1. The van der Waals surface area contributed by atoms with Crippen molar-refractivity contribution in [3.8, 4) is 11.3 Å². The lowest BCUT2D eigenvalue weighted by molar-refractivity contribution is -0.141. The van der Waals surface area contributed by atoms with Gasteiger partial charge in [-0.25, -0.2) is 0 Å². The Morgan fingerprint density at radius 3 is 2.63 bits per heavy atom. The number of halogens is 3. The summed E-state index contributed by atoms with van der Waals surface area (Å²) < 4.78 is 39.8. The van der Waals surface area contributed by atoms with Gasteiger partial charge < -0.3 is 5.32 Å². The van der Waals surface area contributed by atoms with Crippen LogP contribution in [0.5, 0.6) is 0 Å². The second-order valence-electron chi connectivity index (χ2n) is 7.67. The highest BCUT2D eigenvalue weighted by molar-refractivity contribution is 5.94. The molecule has 9 heteroatoms. The van der Waals surface area contributed by atoms with Crippen LogP contribution < -0.4 is 5.32 Å². The molecule has 1 amide bonds. The van der Waals surface area contributed by atoms with Gasteiger partial charge in [0, 0.05) is 36.1 Å². The Hall–Kier alpha value is -3.23. The smallest absolute Gasteiger partial charge is 0.344 e. The minimum absolute atomic E-state index is 0.0874. The first-order chi connectivity index (χ1) is 14.4. The van der Waals surface area contributed by atoms with E-state index >= 15 is 0 Å². The summed E-state index contributed by atoms with van der Waals surface area (Å²) in [6, 6.07) is 7.63. The molecule has 0 spiro atoms. The lowest BCUT2D eigenvalue weighted by Gasteiger charge is -2.12. The number of fused-ring (bicyclic) bond motifs is 1. The van der Waals surface area contributed by atoms with Crippen LogP contribution in [0.3, 0.4) is 0 Å². The molecule has 1 aliphatic heterocycles. The van der Waals surface area contributed by atoms with Crippen LogP contribution in [0, 0.1) is 0 Å². The predicted octanol–water partition coefficient (Wildman–Crippen LogP) is 4.11. The molecule has 1 saturated carbocycles. The highest BCUT2D eigenvalue weighted by Gasteiger charge is 2.33. The van der Waals surface area contributed by atoms with Crippen molar-refractivity contribution >= 4 is 5.91 Å². The Balaban J connectivity index is 1.32. The van der Waals surface area contributed by atoms with Crippen molar-refractivity contribution in [2.24, 2.45) is 0 Å². The van der Waals surface area contributed by atoms with E-state index in [0.29, 0.717) is 18.9 Å². The molecule has 154 valence electrons. The summed E-state index contributed by atoms with van der Waals surface area (Å²) in [5, 5.41) is 7.53. The number of alkyl halides is 3. The molecule has 0 radical (unpaired) electrons. The largest absolute Gasteiger partial charge is 0.433 e. The fourth-order valence-corrected chi connectivity index (χ4v) is 3.72. The zero-order valence-corrected chi connectivity index (χ0v) is 15.9. The molecule has 1 fully saturated rings. The molecule has 1 aliphatic carbocycles. The van der Waals surface area contributed by atoms with Crippen LogP contribution in [-0.2, 0) is 12.7 Å². The maximum atomic E-state index is 12.7. The number of hydrogen-bond donors (Lipinski definition) is 1. The molecule has 0 bridgehead atoms. The number of carbonyl (C=O) groups is 1. The van der Waals surface area contributed by atoms with Crippen LogP contribution >= 0.6 is 0 Å². The number of amides is 1. The fraction of sp³-hybridized carbons (Fsp3) is 0.333. The van der Waals surface area contributed by atoms with Crippen molar-refractivity contribution in [3.63, 3.8) is 0 Å².